The lowest BCUT2D eigenvalue weighted by Crippen LogP contribution is -2.22. The van der Waals surface area contributed by atoms with E-state index in [0.717, 1.165) is 22.5 Å². The highest BCUT2D eigenvalue weighted by atomic mass is 79.9. The first kappa shape index (κ1) is 14.4. The van der Waals surface area contributed by atoms with E-state index in [-0.39, 0.29) is 6.04 Å². The zero-order valence-electron chi connectivity index (χ0n) is 11.9. The number of halogens is 1. The van der Waals surface area contributed by atoms with Crippen LogP contribution in [0.4, 0.5) is 0 Å². The fourth-order valence-corrected chi connectivity index (χ4v) is 2.74. The van der Waals surface area contributed by atoms with Crippen molar-refractivity contribution in [1.29, 1.82) is 0 Å². The first-order valence-corrected chi connectivity index (χ1v) is 7.39. The Hall–Kier alpha value is -1.06. The molecular formula is C16H20BrNO. The molecule has 0 aliphatic carbocycles. The largest absolute Gasteiger partial charge is 0.466 e. The number of hydrogen-bond donors (Lipinski definition) is 1. The van der Waals surface area contributed by atoms with Crippen LogP contribution < -0.4 is 5.32 Å². The quantitative estimate of drug-likeness (QED) is 0.885. The average molecular weight is 322 g/mol. The van der Waals surface area contributed by atoms with Crippen LogP contribution in [-0.4, -0.2) is 6.54 Å². The van der Waals surface area contributed by atoms with E-state index in [1.807, 2.05) is 13.8 Å². The van der Waals surface area contributed by atoms with Crippen molar-refractivity contribution in [2.75, 3.05) is 6.54 Å². The molecule has 0 aliphatic heterocycles. The van der Waals surface area contributed by atoms with Crippen molar-refractivity contribution in [3.05, 3.63) is 56.9 Å². The maximum absolute atomic E-state index is 5.77. The summed E-state index contributed by atoms with van der Waals surface area (Å²) in [5.74, 6) is 2.01. The van der Waals surface area contributed by atoms with Gasteiger partial charge in [-0.05, 0) is 50.6 Å². The van der Waals surface area contributed by atoms with Crippen LogP contribution in [0.15, 0.2) is 33.2 Å². The molecule has 0 saturated carbocycles. The second-order valence-electron chi connectivity index (χ2n) is 4.80. The summed E-state index contributed by atoms with van der Waals surface area (Å²) in [6, 6.07) is 8.65. The molecule has 2 nitrogen and oxygen atoms in total. The van der Waals surface area contributed by atoms with Crippen LogP contribution in [0.5, 0.6) is 0 Å². The summed E-state index contributed by atoms with van der Waals surface area (Å²) < 4.78 is 6.87. The number of benzene rings is 1. The van der Waals surface area contributed by atoms with Crippen molar-refractivity contribution in [3.8, 4) is 0 Å². The van der Waals surface area contributed by atoms with Crippen molar-refractivity contribution in [2.24, 2.45) is 0 Å². The Balaban J connectivity index is 2.48. The normalized spacial score (nSPS) is 12.7. The Morgan fingerprint density at radius 3 is 2.21 bits per heavy atom. The van der Waals surface area contributed by atoms with E-state index in [0.29, 0.717) is 0 Å². The van der Waals surface area contributed by atoms with Crippen molar-refractivity contribution >= 4 is 15.9 Å². The van der Waals surface area contributed by atoms with E-state index in [1.54, 1.807) is 0 Å². The third-order valence-electron chi connectivity index (χ3n) is 3.52. The van der Waals surface area contributed by atoms with Gasteiger partial charge >= 0.3 is 0 Å². The van der Waals surface area contributed by atoms with Gasteiger partial charge in [0.25, 0.3) is 0 Å². The van der Waals surface area contributed by atoms with Crippen LogP contribution in [0.1, 0.15) is 41.2 Å². The van der Waals surface area contributed by atoms with Gasteiger partial charge in [0.1, 0.15) is 11.5 Å². The first-order chi connectivity index (χ1) is 9.04. The van der Waals surface area contributed by atoms with Gasteiger partial charge in [-0.1, -0.05) is 35.0 Å². The molecule has 1 aromatic carbocycles. The molecule has 1 aromatic heterocycles. The van der Waals surface area contributed by atoms with Crippen LogP contribution in [0.3, 0.4) is 0 Å². The van der Waals surface area contributed by atoms with Crippen molar-refractivity contribution < 1.29 is 4.42 Å². The minimum Gasteiger partial charge on any atom is -0.466 e. The van der Waals surface area contributed by atoms with Gasteiger partial charge in [0.05, 0.1) is 6.04 Å². The molecule has 19 heavy (non-hydrogen) atoms. The van der Waals surface area contributed by atoms with E-state index in [2.05, 4.69) is 59.4 Å². The van der Waals surface area contributed by atoms with Gasteiger partial charge in [0.2, 0.25) is 0 Å². The molecule has 0 radical (unpaired) electrons. The molecule has 0 bridgehead atoms. The number of nitrogens with one attached hydrogen (secondary N) is 1. The summed E-state index contributed by atoms with van der Waals surface area (Å²) in [6.07, 6.45) is 0. The summed E-state index contributed by atoms with van der Waals surface area (Å²) in [4.78, 5) is 0. The standard InChI is InChI=1S/C16H20BrNO/c1-5-18-16(13-6-8-14(17)9-7-13)15-10(2)11(3)19-12(15)4/h6-9,16,18H,5H2,1-4H3. The molecule has 1 heterocycles. The zero-order valence-corrected chi connectivity index (χ0v) is 13.5. The Morgan fingerprint density at radius 2 is 1.74 bits per heavy atom. The SMILES string of the molecule is CCNC(c1ccc(Br)cc1)c1c(C)oc(C)c1C. The molecule has 0 spiro atoms. The Kier molecular flexibility index (Phi) is 4.48. The molecule has 2 aromatic rings. The molecule has 0 saturated heterocycles. The number of hydrogen-bond acceptors (Lipinski definition) is 2. The Bertz CT molecular complexity index is 557. The summed E-state index contributed by atoms with van der Waals surface area (Å²) in [7, 11) is 0. The van der Waals surface area contributed by atoms with Crippen molar-refractivity contribution in [3.63, 3.8) is 0 Å². The Labute approximate surface area is 123 Å². The zero-order chi connectivity index (χ0) is 14.0. The highest BCUT2D eigenvalue weighted by molar-refractivity contribution is 9.10. The van der Waals surface area contributed by atoms with E-state index in [4.69, 9.17) is 4.42 Å². The molecule has 2 rings (SSSR count). The first-order valence-electron chi connectivity index (χ1n) is 6.60. The van der Waals surface area contributed by atoms with E-state index >= 15 is 0 Å². The van der Waals surface area contributed by atoms with Gasteiger partial charge in [-0.2, -0.15) is 0 Å². The summed E-state index contributed by atoms with van der Waals surface area (Å²) in [6.45, 7) is 9.24. The van der Waals surface area contributed by atoms with Crippen LogP contribution in [0.2, 0.25) is 0 Å². The molecule has 1 N–H and O–H groups in total. The van der Waals surface area contributed by atoms with Crippen LogP contribution in [-0.2, 0) is 0 Å². The third-order valence-corrected chi connectivity index (χ3v) is 4.05. The number of aryl methyl sites for hydroxylation is 2. The molecule has 0 fully saturated rings. The molecular weight excluding hydrogens is 302 g/mol. The third kappa shape index (κ3) is 2.93. The van der Waals surface area contributed by atoms with Crippen LogP contribution in [0, 0.1) is 20.8 Å². The molecule has 0 amide bonds. The lowest BCUT2D eigenvalue weighted by atomic mass is 9.95. The van der Waals surface area contributed by atoms with Gasteiger partial charge in [0, 0.05) is 10.0 Å². The highest BCUT2D eigenvalue weighted by Gasteiger charge is 2.21. The van der Waals surface area contributed by atoms with E-state index in [9.17, 15) is 0 Å². The molecule has 3 heteroatoms. The van der Waals surface area contributed by atoms with Gasteiger partial charge in [0.15, 0.2) is 0 Å². The maximum Gasteiger partial charge on any atom is 0.106 e. The van der Waals surface area contributed by atoms with Crippen molar-refractivity contribution in [2.45, 2.75) is 33.7 Å². The lowest BCUT2D eigenvalue weighted by Gasteiger charge is -2.19. The number of rotatable bonds is 4. The molecule has 1 atom stereocenters. The fourth-order valence-electron chi connectivity index (χ4n) is 2.48. The average Bonchev–Trinajstić information content (AvgIpc) is 2.62. The Morgan fingerprint density at radius 1 is 1.11 bits per heavy atom. The molecule has 0 aliphatic rings. The van der Waals surface area contributed by atoms with Gasteiger partial charge < -0.3 is 9.73 Å². The van der Waals surface area contributed by atoms with Crippen molar-refractivity contribution in [1.82, 2.24) is 5.32 Å². The predicted molar refractivity (Wildman–Crippen MR) is 82.6 cm³/mol. The highest BCUT2D eigenvalue weighted by Crippen LogP contribution is 2.31. The van der Waals surface area contributed by atoms with Gasteiger partial charge in [-0.15, -0.1) is 0 Å². The van der Waals surface area contributed by atoms with E-state index < -0.39 is 0 Å². The second-order valence-corrected chi connectivity index (χ2v) is 5.71. The molecule has 102 valence electrons. The topological polar surface area (TPSA) is 25.2 Å². The van der Waals surface area contributed by atoms with Crippen LogP contribution >= 0.6 is 15.9 Å². The van der Waals surface area contributed by atoms with Gasteiger partial charge in [-0.25, -0.2) is 0 Å². The summed E-state index contributed by atoms with van der Waals surface area (Å²) in [5, 5.41) is 3.55. The maximum atomic E-state index is 5.77. The number of furan rings is 1. The summed E-state index contributed by atoms with van der Waals surface area (Å²) >= 11 is 3.48. The minimum absolute atomic E-state index is 0.190. The fraction of sp³-hybridized carbons (Fsp3) is 0.375. The minimum atomic E-state index is 0.190. The van der Waals surface area contributed by atoms with Crippen LogP contribution in [0.25, 0.3) is 0 Å². The smallest absolute Gasteiger partial charge is 0.106 e. The summed E-state index contributed by atoms with van der Waals surface area (Å²) in [5.41, 5.74) is 3.77. The van der Waals surface area contributed by atoms with E-state index in [1.165, 1.54) is 16.7 Å². The molecule has 1 unspecified atom stereocenters. The monoisotopic (exact) mass is 321 g/mol. The van der Waals surface area contributed by atoms with Gasteiger partial charge in [-0.3, -0.25) is 0 Å². The predicted octanol–water partition coefficient (Wildman–Crippen LogP) is 4.67. The lowest BCUT2D eigenvalue weighted by molar-refractivity contribution is 0.494. The second kappa shape index (κ2) is 5.93.